The van der Waals surface area contributed by atoms with Gasteiger partial charge in [0.25, 0.3) is 0 Å². The summed E-state index contributed by atoms with van der Waals surface area (Å²) < 4.78 is 26.8. The summed E-state index contributed by atoms with van der Waals surface area (Å²) in [6, 6.07) is 15.1. The summed E-state index contributed by atoms with van der Waals surface area (Å²) in [5.41, 5.74) is 1.27. The van der Waals surface area contributed by atoms with Crippen LogP contribution in [0.15, 0.2) is 65.7 Å². The maximum Gasteiger partial charge on any atom is 0.240 e. The third kappa shape index (κ3) is 4.37. The van der Waals surface area contributed by atoms with Crippen LogP contribution >= 0.6 is 11.6 Å². The van der Waals surface area contributed by atoms with Gasteiger partial charge in [0, 0.05) is 29.6 Å². The molecule has 1 heterocycles. The topological polar surface area (TPSA) is 88.2 Å². The first kappa shape index (κ1) is 18.3. The van der Waals surface area contributed by atoms with E-state index in [1.807, 2.05) is 24.3 Å². The van der Waals surface area contributed by atoms with Crippen molar-refractivity contribution in [1.29, 1.82) is 0 Å². The summed E-state index contributed by atoms with van der Waals surface area (Å²) in [6.07, 6.45) is 1.64. The molecule has 0 unspecified atom stereocenters. The number of rotatable bonds is 6. The number of para-hydroxylation sites is 1. The highest BCUT2D eigenvalue weighted by Gasteiger charge is 2.15. The van der Waals surface area contributed by atoms with E-state index in [1.165, 1.54) is 12.1 Å². The molecule has 2 N–H and O–H groups in total. The van der Waals surface area contributed by atoms with Crippen molar-refractivity contribution in [3.63, 3.8) is 0 Å². The maximum atomic E-state index is 12.2. The fraction of sp³-hybridized carbons (Fsp3) is 0.111. The lowest BCUT2D eigenvalue weighted by atomic mass is 10.2. The van der Waals surface area contributed by atoms with Crippen molar-refractivity contribution in [2.45, 2.75) is 11.3 Å². The molecule has 3 aromatic rings. The van der Waals surface area contributed by atoms with Crippen molar-refractivity contribution >= 4 is 44.1 Å². The second kappa shape index (κ2) is 7.82. The first-order chi connectivity index (χ1) is 12.5. The largest absolute Gasteiger partial charge is 0.324 e. The molecule has 0 saturated heterocycles. The van der Waals surface area contributed by atoms with Crippen LogP contribution < -0.4 is 10.0 Å². The second-order valence-electron chi connectivity index (χ2n) is 5.53. The van der Waals surface area contributed by atoms with Crippen molar-refractivity contribution in [3.8, 4) is 0 Å². The molecule has 0 aliphatic carbocycles. The smallest absolute Gasteiger partial charge is 0.240 e. The number of benzene rings is 2. The van der Waals surface area contributed by atoms with Gasteiger partial charge in [-0.2, -0.15) is 0 Å². The van der Waals surface area contributed by atoms with Gasteiger partial charge in [0.05, 0.1) is 16.1 Å². The van der Waals surface area contributed by atoms with Crippen molar-refractivity contribution in [2.75, 3.05) is 11.9 Å². The van der Waals surface area contributed by atoms with Crippen molar-refractivity contribution in [1.82, 2.24) is 9.71 Å². The quantitative estimate of drug-likeness (QED) is 0.677. The van der Waals surface area contributed by atoms with E-state index in [2.05, 4.69) is 15.0 Å². The lowest BCUT2D eigenvalue weighted by Crippen LogP contribution is -2.27. The number of nitrogens with zero attached hydrogens (tertiary/aromatic N) is 1. The predicted octanol–water partition coefficient (Wildman–Crippen LogP) is 3.20. The van der Waals surface area contributed by atoms with Gasteiger partial charge < -0.3 is 5.32 Å². The van der Waals surface area contributed by atoms with E-state index in [-0.39, 0.29) is 23.8 Å². The second-order valence-corrected chi connectivity index (χ2v) is 7.74. The highest BCUT2D eigenvalue weighted by molar-refractivity contribution is 7.89. The van der Waals surface area contributed by atoms with Gasteiger partial charge in [-0.05, 0) is 30.3 Å². The molecule has 0 saturated carbocycles. The minimum atomic E-state index is -3.71. The van der Waals surface area contributed by atoms with Gasteiger partial charge in [-0.1, -0.05) is 35.9 Å². The molecule has 0 spiro atoms. The molecule has 3 rings (SSSR count). The van der Waals surface area contributed by atoms with Gasteiger partial charge in [0.1, 0.15) is 0 Å². The molecule has 8 heteroatoms. The third-order valence-corrected chi connectivity index (χ3v) is 5.35. The molecule has 0 fully saturated rings. The lowest BCUT2D eigenvalue weighted by molar-refractivity contribution is -0.116. The van der Waals surface area contributed by atoms with Crippen LogP contribution in [0.3, 0.4) is 0 Å². The number of hydrogen-bond donors (Lipinski definition) is 2. The van der Waals surface area contributed by atoms with E-state index in [1.54, 1.807) is 24.4 Å². The standard InChI is InChI=1S/C18H16ClN3O3S/c19-14-6-2-7-15(12-14)26(24,25)21-11-9-17(23)22-16-8-1-4-13-5-3-10-20-18(13)16/h1-8,10,12,21H,9,11H2,(H,22,23). The molecule has 0 bridgehead atoms. The SMILES string of the molecule is O=C(CCNS(=O)(=O)c1cccc(Cl)c1)Nc1cccc2cccnc12. The van der Waals surface area contributed by atoms with Gasteiger partial charge in [0.15, 0.2) is 0 Å². The Labute approximate surface area is 156 Å². The number of aromatic nitrogens is 1. The Morgan fingerprint density at radius 3 is 2.65 bits per heavy atom. The molecule has 1 amide bonds. The Morgan fingerprint density at radius 1 is 1.08 bits per heavy atom. The Kier molecular flexibility index (Phi) is 5.51. The van der Waals surface area contributed by atoms with Crippen LogP contribution in [0, 0.1) is 0 Å². The zero-order valence-electron chi connectivity index (χ0n) is 13.6. The maximum absolute atomic E-state index is 12.2. The van der Waals surface area contributed by atoms with Gasteiger partial charge in [-0.15, -0.1) is 0 Å². The minimum absolute atomic E-state index is 0.0109. The molecule has 1 aromatic heterocycles. The number of pyridine rings is 1. The van der Waals surface area contributed by atoms with E-state index in [9.17, 15) is 13.2 Å². The fourth-order valence-corrected chi connectivity index (χ4v) is 3.77. The summed E-state index contributed by atoms with van der Waals surface area (Å²) in [5, 5.41) is 4.00. The number of halogens is 1. The van der Waals surface area contributed by atoms with Crippen LogP contribution in [0.1, 0.15) is 6.42 Å². The van der Waals surface area contributed by atoms with Crippen LogP contribution in [0.2, 0.25) is 5.02 Å². The number of anilines is 1. The molecule has 134 valence electrons. The number of amides is 1. The van der Waals surface area contributed by atoms with Crippen LogP contribution in [0.5, 0.6) is 0 Å². The first-order valence-corrected chi connectivity index (χ1v) is 9.71. The average molecular weight is 390 g/mol. The lowest BCUT2D eigenvalue weighted by Gasteiger charge is -2.09. The highest BCUT2D eigenvalue weighted by Crippen LogP contribution is 2.20. The van der Waals surface area contributed by atoms with E-state index < -0.39 is 10.0 Å². The van der Waals surface area contributed by atoms with Gasteiger partial charge in [-0.3, -0.25) is 9.78 Å². The van der Waals surface area contributed by atoms with E-state index in [0.29, 0.717) is 16.2 Å². The van der Waals surface area contributed by atoms with Crippen LogP contribution in [0.25, 0.3) is 10.9 Å². The number of carbonyl (C=O) groups excluding carboxylic acids is 1. The van der Waals surface area contributed by atoms with Crippen LogP contribution in [-0.4, -0.2) is 25.9 Å². The summed E-state index contributed by atoms with van der Waals surface area (Å²) in [4.78, 5) is 16.5. The van der Waals surface area contributed by atoms with Gasteiger partial charge in [0.2, 0.25) is 15.9 Å². The number of nitrogens with one attached hydrogen (secondary N) is 2. The third-order valence-electron chi connectivity index (χ3n) is 3.66. The summed E-state index contributed by atoms with van der Waals surface area (Å²) in [5.74, 6) is -0.308. The number of carbonyl (C=O) groups is 1. The molecule has 2 aromatic carbocycles. The molecule has 0 aliphatic heterocycles. The van der Waals surface area contributed by atoms with E-state index >= 15 is 0 Å². The number of sulfonamides is 1. The van der Waals surface area contributed by atoms with Crippen molar-refractivity contribution < 1.29 is 13.2 Å². The van der Waals surface area contributed by atoms with E-state index in [0.717, 1.165) is 5.39 Å². The zero-order chi connectivity index (χ0) is 18.6. The molecular formula is C18H16ClN3O3S. The van der Waals surface area contributed by atoms with Crippen LogP contribution in [0.4, 0.5) is 5.69 Å². The summed E-state index contributed by atoms with van der Waals surface area (Å²) in [7, 11) is -3.71. The first-order valence-electron chi connectivity index (χ1n) is 7.84. The summed E-state index contributed by atoms with van der Waals surface area (Å²) in [6.45, 7) is -0.0289. The normalized spacial score (nSPS) is 11.4. The number of fused-ring (bicyclic) bond motifs is 1. The van der Waals surface area contributed by atoms with Crippen molar-refractivity contribution in [3.05, 3.63) is 65.8 Å². The van der Waals surface area contributed by atoms with E-state index in [4.69, 9.17) is 11.6 Å². The minimum Gasteiger partial charge on any atom is -0.324 e. The van der Waals surface area contributed by atoms with Crippen LogP contribution in [-0.2, 0) is 14.8 Å². The molecule has 0 atom stereocenters. The Hall–Kier alpha value is -2.48. The fourth-order valence-electron chi connectivity index (χ4n) is 2.43. The molecule has 6 nitrogen and oxygen atoms in total. The Bertz CT molecular complexity index is 1050. The van der Waals surface area contributed by atoms with Crippen molar-refractivity contribution in [2.24, 2.45) is 0 Å². The van der Waals surface area contributed by atoms with Gasteiger partial charge in [-0.25, -0.2) is 13.1 Å². The molecule has 0 aliphatic rings. The molecule has 0 radical (unpaired) electrons. The highest BCUT2D eigenvalue weighted by atomic mass is 35.5. The monoisotopic (exact) mass is 389 g/mol. The predicted molar refractivity (Wildman–Crippen MR) is 102 cm³/mol. The number of hydrogen-bond acceptors (Lipinski definition) is 4. The summed E-state index contributed by atoms with van der Waals surface area (Å²) >= 11 is 5.81. The average Bonchev–Trinajstić information content (AvgIpc) is 2.62. The molecular weight excluding hydrogens is 374 g/mol. The Balaban J connectivity index is 1.61. The molecule has 26 heavy (non-hydrogen) atoms. The van der Waals surface area contributed by atoms with Gasteiger partial charge >= 0.3 is 0 Å². The zero-order valence-corrected chi connectivity index (χ0v) is 15.2. The Morgan fingerprint density at radius 2 is 1.85 bits per heavy atom.